The Morgan fingerprint density at radius 2 is 2.07 bits per heavy atom. The number of nitrogens with zero attached hydrogens (tertiary/aromatic N) is 3. The molecule has 2 heterocycles. The Morgan fingerprint density at radius 3 is 2.71 bits per heavy atom. The molecule has 0 spiro atoms. The van der Waals surface area contributed by atoms with Crippen LogP contribution in [-0.4, -0.2) is 34.7 Å². The van der Waals surface area contributed by atoms with Gasteiger partial charge in [-0.05, 0) is 36.8 Å². The summed E-state index contributed by atoms with van der Waals surface area (Å²) in [6.45, 7) is 2.48. The average molecular weight is 381 g/mol. The fourth-order valence-corrected chi connectivity index (χ4v) is 3.10. The standard InChI is InChI=1S/C21H23N3O4/c1-4-5-12-24-16-10-9-14(28-3)13-15(16)19(25)18(21(24)27)20(26)23(2)17-8-6-7-11-22-17/h6-11,13,25H,4-5,12H2,1-3H3. The molecular weight excluding hydrogens is 358 g/mol. The highest BCUT2D eigenvalue weighted by Gasteiger charge is 2.26. The lowest BCUT2D eigenvalue weighted by Crippen LogP contribution is -2.35. The highest BCUT2D eigenvalue weighted by Crippen LogP contribution is 2.31. The first-order chi connectivity index (χ1) is 13.5. The number of hydrogen-bond donors (Lipinski definition) is 1. The normalized spacial score (nSPS) is 10.8. The summed E-state index contributed by atoms with van der Waals surface area (Å²) in [7, 11) is 3.04. The Hall–Kier alpha value is -3.35. The van der Waals surface area contributed by atoms with Gasteiger partial charge in [-0.3, -0.25) is 14.5 Å². The molecule has 3 rings (SSSR count). The van der Waals surface area contributed by atoms with Crippen molar-refractivity contribution < 1.29 is 14.6 Å². The molecule has 1 N–H and O–H groups in total. The van der Waals surface area contributed by atoms with E-state index in [4.69, 9.17) is 4.74 Å². The van der Waals surface area contributed by atoms with Crippen LogP contribution in [0.1, 0.15) is 30.1 Å². The molecule has 0 aliphatic heterocycles. The van der Waals surface area contributed by atoms with E-state index in [0.717, 1.165) is 12.8 Å². The summed E-state index contributed by atoms with van der Waals surface area (Å²) in [5, 5.41) is 11.2. The Kier molecular flexibility index (Phi) is 5.63. The molecule has 0 fully saturated rings. The lowest BCUT2D eigenvalue weighted by atomic mass is 10.1. The summed E-state index contributed by atoms with van der Waals surface area (Å²) >= 11 is 0. The maximum absolute atomic E-state index is 13.1. The number of aromatic hydroxyl groups is 1. The molecule has 1 aromatic carbocycles. The van der Waals surface area contributed by atoms with Gasteiger partial charge < -0.3 is 14.4 Å². The van der Waals surface area contributed by atoms with Crippen molar-refractivity contribution in [3.63, 3.8) is 0 Å². The van der Waals surface area contributed by atoms with Crippen LogP contribution in [0.15, 0.2) is 47.4 Å². The largest absolute Gasteiger partial charge is 0.506 e. The summed E-state index contributed by atoms with van der Waals surface area (Å²) < 4.78 is 6.78. The van der Waals surface area contributed by atoms with Crippen LogP contribution in [0, 0.1) is 0 Å². The third kappa shape index (κ3) is 3.43. The summed E-state index contributed by atoms with van der Waals surface area (Å²) in [5.41, 5.74) is -0.227. The topological polar surface area (TPSA) is 84.7 Å². The van der Waals surface area contributed by atoms with E-state index in [2.05, 4.69) is 4.98 Å². The van der Waals surface area contributed by atoms with Crippen molar-refractivity contribution in [3.05, 3.63) is 58.5 Å². The van der Waals surface area contributed by atoms with Gasteiger partial charge in [0, 0.05) is 25.2 Å². The molecule has 0 bridgehead atoms. The number of aryl methyl sites for hydroxylation is 1. The zero-order valence-electron chi connectivity index (χ0n) is 16.2. The number of rotatable bonds is 6. The van der Waals surface area contributed by atoms with Crippen molar-refractivity contribution in [2.75, 3.05) is 19.1 Å². The van der Waals surface area contributed by atoms with Crippen LogP contribution in [0.25, 0.3) is 10.9 Å². The second-order valence-corrected chi connectivity index (χ2v) is 6.47. The molecule has 0 aliphatic rings. The molecule has 2 aromatic heterocycles. The molecule has 0 radical (unpaired) electrons. The summed E-state index contributed by atoms with van der Waals surface area (Å²) in [4.78, 5) is 31.6. The van der Waals surface area contributed by atoms with Gasteiger partial charge >= 0.3 is 0 Å². The van der Waals surface area contributed by atoms with E-state index in [9.17, 15) is 14.7 Å². The fourth-order valence-electron chi connectivity index (χ4n) is 3.10. The highest BCUT2D eigenvalue weighted by atomic mass is 16.5. The van der Waals surface area contributed by atoms with Crippen LogP contribution in [0.2, 0.25) is 0 Å². The van der Waals surface area contributed by atoms with Gasteiger partial charge in [-0.15, -0.1) is 0 Å². The van der Waals surface area contributed by atoms with Crippen molar-refractivity contribution in [2.24, 2.45) is 0 Å². The zero-order chi connectivity index (χ0) is 20.3. The number of benzene rings is 1. The monoisotopic (exact) mass is 381 g/mol. The van der Waals surface area contributed by atoms with Gasteiger partial charge in [-0.25, -0.2) is 4.98 Å². The molecule has 0 aliphatic carbocycles. The number of ether oxygens (including phenoxy) is 1. The average Bonchev–Trinajstić information content (AvgIpc) is 2.73. The predicted molar refractivity (Wildman–Crippen MR) is 108 cm³/mol. The van der Waals surface area contributed by atoms with E-state index in [1.807, 2.05) is 6.92 Å². The van der Waals surface area contributed by atoms with Crippen LogP contribution in [0.4, 0.5) is 5.82 Å². The second kappa shape index (κ2) is 8.12. The van der Waals surface area contributed by atoms with Crippen LogP contribution < -0.4 is 15.2 Å². The lowest BCUT2D eigenvalue weighted by Gasteiger charge is -2.19. The van der Waals surface area contributed by atoms with Gasteiger partial charge in [-0.1, -0.05) is 19.4 Å². The molecule has 7 heteroatoms. The van der Waals surface area contributed by atoms with Gasteiger partial charge in [0.15, 0.2) is 0 Å². The van der Waals surface area contributed by atoms with Crippen LogP contribution >= 0.6 is 0 Å². The Morgan fingerprint density at radius 1 is 1.29 bits per heavy atom. The first kappa shape index (κ1) is 19.4. The molecule has 1 amide bonds. The SMILES string of the molecule is CCCCn1c(=O)c(C(=O)N(C)c2ccccn2)c(O)c2cc(OC)ccc21. The minimum Gasteiger partial charge on any atom is -0.506 e. The molecule has 3 aromatic rings. The Balaban J connectivity index is 2.23. The second-order valence-electron chi connectivity index (χ2n) is 6.47. The van der Waals surface area contributed by atoms with Gasteiger partial charge in [0.2, 0.25) is 0 Å². The number of carbonyl (C=O) groups excluding carboxylic acids is 1. The van der Waals surface area contributed by atoms with Gasteiger partial charge in [0.25, 0.3) is 11.5 Å². The van der Waals surface area contributed by atoms with Crippen molar-refractivity contribution in [1.82, 2.24) is 9.55 Å². The van der Waals surface area contributed by atoms with E-state index >= 15 is 0 Å². The van der Waals surface area contributed by atoms with Crippen molar-refractivity contribution in [1.29, 1.82) is 0 Å². The number of aromatic nitrogens is 2. The zero-order valence-corrected chi connectivity index (χ0v) is 16.2. The summed E-state index contributed by atoms with van der Waals surface area (Å²) in [6.07, 6.45) is 3.22. The van der Waals surface area contributed by atoms with Crippen LogP contribution in [0.5, 0.6) is 11.5 Å². The van der Waals surface area contributed by atoms with Crippen LogP contribution in [-0.2, 0) is 6.54 Å². The number of fused-ring (bicyclic) bond motifs is 1. The minimum absolute atomic E-state index is 0.273. The Labute approximate surface area is 162 Å². The molecule has 0 unspecified atom stereocenters. The lowest BCUT2D eigenvalue weighted by molar-refractivity contribution is 0.0988. The quantitative estimate of drug-likeness (QED) is 0.709. The van der Waals surface area contributed by atoms with E-state index in [1.165, 1.54) is 23.6 Å². The third-order valence-electron chi connectivity index (χ3n) is 4.69. The first-order valence-corrected chi connectivity index (χ1v) is 9.12. The predicted octanol–water partition coefficient (Wildman–Crippen LogP) is 3.19. The highest BCUT2D eigenvalue weighted by molar-refractivity contribution is 6.09. The number of anilines is 1. The van der Waals surface area contributed by atoms with Crippen molar-refractivity contribution in [2.45, 2.75) is 26.3 Å². The molecular formula is C21H23N3O4. The fraction of sp³-hybridized carbons (Fsp3) is 0.286. The molecule has 146 valence electrons. The first-order valence-electron chi connectivity index (χ1n) is 9.12. The number of amides is 1. The minimum atomic E-state index is -0.615. The maximum Gasteiger partial charge on any atom is 0.268 e. The number of pyridine rings is 2. The molecule has 7 nitrogen and oxygen atoms in total. The number of carbonyl (C=O) groups is 1. The Bertz CT molecular complexity index is 1060. The van der Waals surface area contributed by atoms with Crippen LogP contribution in [0.3, 0.4) is 0 Å². The third-order valence-corrected chi connectivity index (χ3v) is 4.69. The summed E-state index contributed by atoms with van der Waals surface area (Å²) in [6, 6.07) is 10.2. The molecule has 0 saturated heterocycles. The number of unbranched alkanes of at least 4 members (excludes halogenated alkanes) is 1. The number of methoxy groups -OCH3 is 1. The van der Waals surface area contributed by atoms with Gasteiger partial charge in [0.1, 0.15) is 22.9 Å². The van der Waals surface area contributed by atoms with E-state index < -0.39 is 11.5 Å². The maximum atomic E-state index is 13.1. The van der Waals surface area contributed by atoms with Crippen molar-refractivity contribution >= 4 is 22.6 Å². The molecule has 28 heavy (non-hydrogen) atoms. The van der Waals surface area contributed by atoms with E-state index in [1.54, 1.807) is 42.6 Å². The number of hydrogen-bond acceptors (Lipinski definition) is 5. The van der Waals surface area contributed by atoms with E-state index in [0.29, 0.717) is 29.0 Å². The molecule has 0 atom stereocenters. The van der Waals surface area contributed by atoms with Gasteiger partial charge in [0.05, 0.1) is 12.6 Å². The smallest absolute Gasteiger partial charge is 0.268 e. The van der Waals surface area contributed by atoms with Gasteiger partial charge in [-0.2, -0.15) is 0 Å². The summed E-state index contributed by atoms with van der Waals surface area (Å²) in [5.74, 6) is -0.0484. The molecule has 0 saturated carbocycles. The van der Waals surface area contributed by atoms with E-state index in [-0.39, 0.29) is 11.3 Å². The van der Waals surface area contributed by atoms with Crippen molar-refractivity contribution in [3.8, 4) is 11.5 Å².